The van der Waals surface area contributed by atoms with Gasteiger partial charge in [0.25, 0.3) is 0 Å². The number of nitrogens with zero attached hydrogens (tertiary/aromatic N) is 4. The van der Waals surface area contributed by atoms with Crippen LogP contribution in [0.2, 0.25) is 0 Å². The predicted molar refractivity (Wildman–Crippen MR) is 127 cm³/mol. The van der Waals surface area contributed by atoms with Crippen molar-refractivity contribution in [1.82, 2.24) is 25.4 Å². The Hall–Kier alpha value is -2.61. The van der Waals surface area contributed by atoms with Crippen LogP contribution < -0.4 is 15.4 Å². The van der Waals surface area contributed by atoms with E-state index in [-0.39, 0.29) is 17.6 Å². The third-order valence-corrected chi connectivity index (χ3v) is 6.48. The number of ether oxygens (including phenoxy) is 2. The summed E-state index contributed by atoms with van der Waals surface area (Å²) in [5, 5.41) is 15.5. The Kier molecular flexibility index (Phi) is 8.12. The van der Waals surface area contributed by atoms with Crippen LogP contribution in [0.15, 0.2) is 29.3 Å². The zero-order valence-electron chi connectivity index (χ0n) is 20.3. The second kappa shape index (κ2) is 10.8. The number of benzene rings is 1. The number of nitrogens with one attached hydrogen (secondary N) is 2. The molecule has 0 spiro atoms. The van der Waals surface area contributed by atoms with Crippen molar-refractivity contribution in [2.75, 3.05) is 13.7 Å². The molecule has 2 atom stereocenters. The summed E-state index contributed by atoms with van der Waals surface area (Å²) >= 11 is 0. The Bertz CT molecular complexity index is 890. The van der Waals surface area contributed by atoms with Crippen LogP contribution in [-0.2, 0) is 24.9 Å². The first kappa shape index (κ1) is 24.0. The van der Waals surface area contributed by atoms with Gasteiger partial charge in [-0.05, 0) is 37.5 Å². The summed E-state index contributed by atoms with van der Waals surface area (Å²) in [5.74, 6) is 3.37. The lowest BCUT2D eigenvalue weighted by molar-refractivity contribution is -0.113. The number of hydrogen-bond acceptors (Lipinski definition) is 5. The maximum absolute atomic E-state index is 6.11. The van der Waals surface area contributed by atoms with E-state index in [1.54, 1.807) is 7.11 Å². The summed E-state index contributed by atoms with van der Waals surface area (Å²) < 4.78 is 13.3. The van der Waals surface area contributed by atoms with Gasteiger partial charge in [-0.1, -0.05) is 39.3 Å². The molecule has 2 unspecified atom stereocenters. The van der Waals surface area contributed by atoms with Crippen LogP contribution in [0, 0.1) is 12.3 Å². The van der Waals surface area contributed by atoms with Crippen LogP contribution in [-0.4, -0.2) is 46.6 Å². The molecular formula is C24H38N6O2. The maximum atomic E-state index is 6.11. The number of rotatable bonds is 10. The van der Waals surface area contributed by atoms with Gasteiger partial charge < -0.3 is 24.7 Å². The Morgan fingerprint density at radius 3 is 2.59 bits per heavy atom. The molecule has 8 heteroatoms. The highest BCUT2D eigenvalue weighted by Gasteiger charge is 2.49. The van der Waals surface area contributed by atoms with E-state index in [9.17, 15) is 0 Å². The molecule has 1 fully saturated rings. The molecule has 0 aliphatic heterocycles. The molecule has 176 valence electrons. The van der Waals surface area contributed by atoms with Crippen LogP contribution in [0.4, 0.5) is 0 Å². The largest absolute Gasteiger partial charge is 0.497 e. The minimum atomic E-state index is 0.0394. The normalized spacial score (nSPS) is 20.0. The number of hydrogen-bond donors (Lipinski definition) is 2. The van der Waals surface area contributed by atoms with E-state index in [2.05, 4.69) is 41.6 Å². The van der Waals surface area contributed by atoms with E-state index >= 15 is 0 Å². The van der Waals surface area contributed by atoms with E-state index in [0.717, 1.165) is 54.8 Å². The first-order chi connectivity index (χ1) is 15.3. The number of methoxy groups -OCH3 is 1. The van der Waals surface area contributed by atoms with Crippen LogP contribution in [0.3, 0.4) is 0 Å². The lowest BCUT2D eigenvalue weighted by Crippen LogP contribution is -2.63. The highest BCUT2D eigenvalue weighted by Crippen LogP contribution is 2.42. The molecule has 32 heavy (non-hydrogen) atoms. The van der Waals surface area contributed by atoms with Gasteiger partial charge in [-0.3, -0.25) is 0 Å². The number of aromatic nitrogens is 3. The lowest BCUT2D eigenvalue weighted by Gasteiger charge is -2.52. The first-order valence-corrected chi connectivity index (χ1v) is 11.5. The quantitative estimate of drug-likeness (QED) is 0.333. The Morgan fingerprint density at radius 2 is 2.00 bits per heavy atom. The molecule has 0 amide bonds. The fraction of sp³-hybridized carbons (Fsp3) is 0.625. The summed E-state index contributed by atoms with van der Waals surface area (Å²) in [4.78, 5) is 4.84. The Balaban J connectivity index is 1.66. The maximum Gasteiger partial charge on any atom is 0.192 e. The molecule has 0 bridgehead atoms. The van der Waals surface area contributed by atoms with E-state index in [1.807, 2.05) is 42.8 Å². The van der Waals surface area contributed by atoms with Gasteiger partial charge in [0.15, 0.2) is 11.8 Å². The average molecular weight is 443 g/mol. The van der Waals surface area contributed by atoms with Crippen LogP contribution in [0.1, 0.15) is 57.2 Å². The summed E-state index contributed by atoms with van der Waals surface area (Å²) in [6.07, 6.45) is 3.51. The van der Waals surface area contributed by atoms with Crippen molar-refractivity contribution >= 4 is 5.96 Å². The molecule has 1 aliphatic carbocycles. The molecule has 2 aromatic rings. The van der Waals surface area contributed by atoms with Crippen molar-refractivity contribution in [2.45, 2.75) is 72.2 Å². The molecule has 8 nitrogen and oxygen atoms in total. The highest BCUT2D eigenvalue weighted by molar-refractivity contribution is 5.80. The average Bonchev–Trinajstić information content (AvgIpc) is 3.11. The van der Waals surface area contributed by atoms with Gasteiger partial charge in [-0.2, -0.15) is 0 Å². The van der Waals surface area contributed by atoms with Gasteiger partial charge in [0.2, 0.25) is 0 Å². The van der Waals surface area contributed by atoms with Gasteiger partial charge in [-0.15, -0.1) is 10.2 Å². The Labute approximate surface area is 191 Å². The zero-order chi connectivity index (χ0) is 23.1. The molecular weight excluding hydrogens is 404 g/mol. The highest BCUT2D eigenvalue weighted by atomic mass is 16.5. The molecule has 1 aromatic carbocycles. The van der Waals surface area contributed by atoms with Crippen molar-refractivity contribution in [1.29, 1.82) is 0 Å². The fourth-order valence-corrected chi connectivity index (χ4v) is 3.77. The van der Waals surface area contributed by atoms with Crippen molar-refractivity contribution in [3.63, 3.8) is 0 Å². The molecule has 0 saturated heterocycles. The predicted octanol–water partition coefficient (Wildman–Crippen LogP) is 3.35. The smallest absolute Gasteiger partial charge is 0.192 e. The van der Waals surface area contributed by atoms with E-state index in [1.165, 1.54) is 0 Å². The minimum absolute atomic E-state index is 0.0394. The van der Waals surface area contributed by atoms with Gasteiger partial charge in [0.05, 0.1) is 26.3 Å². The third-order valence-electron chi connectivity index (χ3n) is 6.48. The van der Waals surface area contributed by atoms with Crippen LogP contribution in [0.25, 0.3) is 0 Å². The number of aryl methyl sites for hydroxylation is 1. The van der Waals surface area contributed by atoms with Crippen molar-refractivity contribution in [2.24, 2.45) is 17.5 Å². The molecule has 1 aliphatic rings. The minimum Gasteiger partial charge on any atom is -0.497 e. The van der Waals surface area contributed by atoms with Crippen molar-refractivity contribution in [3.8, 4) is 5.75 Å². The van der Waals surface area contributed by atoms with Gasteiger partial charge in [0, 0.05) is 25.1 Å². The van der Waals surface area contributed by atoms with Gasteiger partial charge >= 0.3 is 0 Å². The standard InChI is InChI=1S/C24H38N6O2/c1-7-8-13-32-21-14-20(24(21,3)4)27-23(26-16-22-29-28-17(2)30(22)5)25-15-18-9-11-19(31-6)12-10-18/h9-12,20-21H,7-8,13-16H2,1-6H3,(H2,25,26,27). The SMILES string of the molecule is CCCCOC1CC(NC(=NCc2ccc(OC)cc2)NCc2nnc(C)n2C)C1(C)C. The third kappa shape index (κ3) is 5.79. The number of guanidine groups is 1. The van der Waals surface area contributed by atoms with E-state index < -0.39 is 0 Å². The first-order valence-electron chi connectivity index (χ1n) is 11.5. The molecule has 2 N–H and O–H groups in total. The van der Waals surface area contributed by atoms with Crippen molar-refractivity contribution in [3.05, 3.63) is 41.5 Å². The second-order valence-electron chi connectivity index (χ2n) is 9.06. The molecule has 1 heterocycles. The number of unbranched alkanes of at least 4 members (excludes halogenated alkanes) is 1. The van der Waals surface area contributed by atoms with Gasteiger partial charge in [-0.25, -0.2) is 4.99 Å². The monoisotopic (exact) mass is 442 g/mol. The summed E-state index contributed by atoms with van der Waals surface area (Å²) in [6, 6.07) is 8.29. The molecule has 1 aromatic heterocycles. The topological polar surface area (TPSA) is 85.6 Å². The van der Waals surface area contributed by atoms with Crippen LogP contribution >= 0.6 is 0 Å². The summed E-state index contributed by atoms with van der Waals surface area (Å²) in [6.45, 7) is 10.6. The summed E-state index contributed by atoms with van der Waals surface area (Å²) in [7, 11) is 3.65. The van der Waals surface area contributed by atoms with Crippen LogP contribution in [0.5, 0.6) is 5.75 Å². The Morgan fingerprint density at radius 1 is 1.25 bits per heavy atom. The molecule has 0 radical (unpaired) electrons. The van der Waals surface area contributed by atoms with E-state index in [4.69, 9.17) is 14.5 Å². The van der Waals surface area contributed by atoms with E-state index in [0.29, 0.717) is 13.1 Å². The lowest BCUT2D eigenvalue weighted by atomic mass is 9.64. The van der Waals surface area contributed by atoms with Crippen molar-refractivity contribution < 1.29 is 9.47 Å². The fourth-order valence-electron chi connectivity index (χ4n) is 3.77. The summed E-state index contributed by atoms with van der Waals surface area (Å²) in [5.41, 5.74) is 1.16. The molecule has 1 saturated carbocycles. The molecule has 3 rings (SSSR count). The zero-order valence-corrected chi connectivity index (χ0v) is 20.3. The second-order valence-corrected chi connectivity index (χ2v) is 9.06. The van der Waals surface area contributed by atoms with Gasteiger partial charge in [0.1, 0.15) is 11.6 Å². The number of aliphatic imine (C=N–C) groups is 1.